The van der Waals surface area contributed by atoms with E-state index in [1.807, 2.05) is 0 Å². The molecule has 21 heavy (non-hydrogen) atoms. The van der Waals surface area contributed by atoms with E-state index in [-0.39, 0.29) is 11.5 Å². The highest BCUT2D eigenvalue weighted by Crippen LogP contribution is 2.25. The van der Waals surface area contributed by atoms with Crippen molar-refractivity contribution in [3.8, 4) is 0 Å². The maximum absolute atomic E-state index is 11.2. The summed E-state index contributed by atoms with van der Waals surface area (Å²) in [6.07, 6.45) is 0. The Morgan fingerprint density at radius 1 is 1.10 bits per heavy atom. The number of benzene rings is 2. The largest absolute Gasteiger partial charge is 0.478 e. The summed E-state index contributed by atoms with van der Waals surface area (Å²) in [5.74, 6) is -1.24. The first-order valence-corrected chi connectivity index (χ1v) is 6.23. The van der Waals surface area contributed by atoms with Crippen molar-refractivity contribution in [1.29, 1.82) is 0 Å². The summed E-state index contributed by atoms with van der Waals surface area (Å²) in [4.78, 5) is 22.3. The lowest BCUT2D eigenvalue weighted by Gasteiger charge is -2.11. The molecule has 0 heterocycles. The zero-order valence-corrected chi connectivity index (χ0v) is 11.4. The molecule has 6 nitrogen and oxygen atoms in total. The van der Waals surface area contributed by atoms with Crippen LogP contribution in [0.2, 0.25) is 0 Å². The zero-order chi connectivity index (χ0) is 15.4. The number of aromatic carboxylic acids is 1. The molecule has 0 atom stereocenters. The fourth-order valence-corrected chi connectivity index (χ4v) is 1.88. The van der Waals surface area contributed by atoms with Gasteiger partial charge in [0.15, 0.2) is 0 Å². The molecule has 2 aromatic rings. The number of nitrogens with two attached hydrogens (primary N) is 1. The topological polar surface area (TPSA) is 104 Å². The van der Waals surface area contributed by atoms with Crippen LogP contribution in [0.1, 0.15) is 17.3 Å². The average molecular weight is 285 g/mol. The number of anilines is 4. The van der Waals surface area contributed by atoms with E-state index in [4.69, 9.17) is 5.73 Å². The van der Waals surface area contributed by atoms with E-state index in [9.17, 15) is 14.7 Å². The molecular weight excluding hydrogens is 270 g/mol. The molecule has 2 rings (SSSR count). The molecule has 0 aromatic heterocycles. The maximum Gasteiger partial charge on any atom is 0.337 e. The SMILES string of the molecule is CC(=O)Nc1cccc(Nc2ccc(N)cc2C(=O)O)c1. The van der Waals surface area contributed by atoms with Gasteiger partial charge in [0.1, 0.15) is 0 Å². The van der Waals surface area contributed by atoms with E-state index in [1.54, 1.807) is 36.4 Å². The van der Waals surface area contributed by atoms with Crippen LogP contribution in [-0.4, -0.2) is 17.0 Å². The fourth-order valence-electron chi connectivity index (χ4n) is 1.88. The quantitative estimate of drug-likeness (QED) is 0.646. The Bertz CT molecular complexity index is 698. The summed E-state index contributed by atoms with van der Waals surface area (Å²) in [5.41, 5.74) is 7.77. The number of hydrogen-bond acceptors (Lipinski definition) is 4. The predicted molar refractivity (Wildman–Crippen MR) is 81.8 cm³/mol. The number of carbonyl (C=O) groups is 2. The number of carboxylic acid groups (broad SMARTS) is 1. The van der Waals surface area contributed by atoms with Gasteiger partial charge in [-0.2, -0.15) is 0 Å². The van der Waals surface area contributed by atoms with Gasteiger partial charge in [0, 0.05) is 24.0 Å². The van der Waals surface area contributed by atoms with Gasteiger partial charge in [-0.3, -0.25) is 4.79 Å². The van der Waals surface area contributed by atoms with Gasteiger partial charge in [-0.25, -0.2) is 4.79 Å². The van der Waals surface area contributed by atoms with Gasteiger partial charge in [-0.1, -0.05) is 6.07 Å². The second-order valence-corrected chi connectivity index (χ2v) is 4.50. The van der Waals surface area contributed by atoms with E-state index in [0.29, 0.717) is 22.7 Å². The summed E-state index contributed by atoms with van der Waals surface area (Å²) >= 11 is 0. The highest BCUT2D eigenvalue weighted by Gasteiger charge is 2.10. The molecule has 2 aromatic carbocycles. The van der Waals surface area contributed by atoms with Gasteiger partial charge in [0.25, 0.3) is 0 Å². The second kappa shape index (κ2) is 5.96. The van der Waals surface area contributed by atoms with Crippen LogP contribution in [0.25, 0.3) is 0 Å². The first-order chi connectivity index (χ1) is 9.95. The van der Waals surface area contributed by atoms with Crippen molar-refractivity contribution in [2.75, 3.05) is 16.4 Å². The van der Waals surface area contributed by atoms with E-state index < -0.39 is 5.97 Å². The van der Waals surface area contributed by atoms with Crippen molar-refractivity contribution >= 4 is 34.6 Å². The predicted octanol–water partition coefficient (Wildman–Crippen LogP) is 2.67. The third-order valence-corrected chi connectivity index (χ3v) is 2.74. The third kappa shape index (κ3) is 3.73. The van der Waals surface area contributed by atoms with Crippen LogP contribution in [0, 0.1) is 0 Å². The fraction of sp³-hybridized carbons (Fsp3) is 0.0667. The minimum atomic E-state index is -1.07. The number of nitrogens with one attached hydrogen (secondary N) is 2. The van der Waals surface area contributed by atoms with Crippen molar-refractivity contribution in [3.05, 3.63) is 48.0 Å². The van der Waals surface area contributed by atoms with Gasteiger partial charge in [0.05, 0.1) is 11.3 Å². The zero-order valence-electron chi connectivity index (χ0n) is 11.4. The highest BCUT2D eigenvalue weighted by atomic mass is 16.4. The summed E-state index contributed by atoms with van der Waals surface area (Å²) in [7, 11) is 0. The van der Waals surface area contributed by atoms with Gasteiger partial charge in [0.2, 0.25) is 5.91 Å². The molecule has 0 radical (unpaired) electrons. The van der Waals surface area contributed by atoms with Crippen LogP contribution in [0.15, 0.2) is 42.5 Å². The van der Waals surface area contributed by atoms with Gasteiger partial charge < -0.3 is 21.5 Å². The van der Waals surface area contributed by atoms with Crippen LogP contribution in [0.4, 0.5) is 22.7 Å². The van der Waals surface area contributed by atoms with Crippen molar-refractivity contribution in [2.45, 2.75) is 6.92 Å². The summed E-state index contributed by atoms with van der Waals surface area (Å²) in [6, 6.07) is 11.6. The lowest BCUT2D eigenvalue weighted by Crippen LogP contribution is -2.06. The van der Waals surface area contributed by atoms with Gasteiger partial charge in [-0.05, 0) is 36.4 Å². The smallest absolute Gasteiger partial charge is 0.337 e. The van der Waals surface area contributed by atoms with Crippen LogP contribution >= 0.6 is 0 Å². The van der Waals surface area contributed by atoms with Crippen molar-refractivity contribution in [2.24, 2.45) is 0 Å². The minimum Gasteiger partial charge on any atom is -0.478 e. The number of nitrogen functional groups attached to an aromatic ring is 1. The molecule has 0 fully saturated rings. The number of hydrogen-bond donors (Lipinski definition) is 4. The summed E-state index contributed by atoms with van der Waals surface area (Å²) in [5, 5.41) is 14.9. The molecule has 0 aliphatic rings. The Morgan fingerprint density at radius 3 is 2.48 bits per heavy atom. The van der Waals surface area contributed by atoms with Crippen molar-refractivity contribution < 1.29 is 14.7 Å². The van der Waals surface area contributed by atoms with Crippen LogP contribution in [-0.2, 0) is 4.79 Å². The van der Waals surface area contributed by atoms with Crippen LogP contribution < -0.4 is 16.4 Å². The number of carbonyl (C=O) groups excluding carboxylic acids is 1. The van der Waals surface area contributed by atoms with Gasteiger partial charge >= 0.3 is 5.97 Å². The number of carboxylic acids is 1. The lowest BCUT2D eigenvalue weighted by atomic mass is 10.1. The number of rotatable bonds is 4. The normalized spacial score (nSPS) is 9.95. The molecule has 0 aliphatic carbocycles. The Morgan fingerprint density at radius 2 is 1.81 bits per heavy atom. The first-order valence-electron chi connectivity index (χ1n) is 6.23. The summed E-state index contributed by atoms with van der Waals surface area (Å²) in [6.45, 7) is 1.42. The Hall–Kier alpha value is -3.02. The summed E-state index contributed by atoms with van der Waals surface area (Å²) < 4.78 is 0. The second-order valence-electron chi connectivity index (χ2n) is 4.50. The number of amides is 1. The standard InChI is InChI=1S/C15H15N3O3/c1-9(19)17-11-3-2-4-12(8-11)18-14-6-5-10(16)7-13(14)15(20)21/h2-8,18H,16H2,1H3,(H,17,19)(H,20,21). The molecule has 5 N–H and O–H groups in total. The molecule has 0 saturated heterocycles. The van der Waals surface area contributed by atoms with Crippen molar-refractivity contribution in [3.63, 3.8) is 0 Å². The third-order valence-electron chi connectivity index (χ3n) is 2.74. The highest BCUT2D eigenvalue weighted by molar-refractivity contribution is 5.96. The lowest BCUT2D eigenvalue weighted by molar-refractivity contribution is -0.114. The molecule has 108 valence electrons. The molecule has 0 bridgehead atoms. The Balaban J connectivity index is 2.30. The van der Waals surface area contributed by atoms with Crippen LogP contribution in [0.5, 0.6) is 0 Å². The van der Waals surface area contributed by atoms with Gasteiger partial charge in [-0.15, -0.1) is 0 Å². The molecule has 1 amide bonds. The molecule has 0 saturated carbocycles. The van der Waals surface area contributed by atoms with E-state index >= 15 is 0 Å². The van der Waals surface area contributed by atoms with Crippen LogP contribution in [0.3, 0.4) is 0 Å². The molecular formula is C15H15N3O3. The Labute approximate surface area is 121 Å². The molecule has 0 unspecified atom stereocenters. The first kappa shape index (κ1) is 14.4. The minimum absolute atomic E-state index is 0.0833. The maximum atomic E-state index is 11.2. The molecule has 0 aliphatic heterocycles. The molecule has 0 spiro atoms. The van der Waals surface area contributed by atoms with Crippen molar-refractivity contribution in [1.82, 2.24) is 0 Å². The average Bonchev–Trinajstić information content (AvgIpc) is 2.40. The van der Waals surface area contributed by atoms with E-state index in [2.05, 4.69) is 10.6 Å². The Kier molecular flexibility index (Phi) is 4.08. The molecule has 6 heteroatoms. The van der Waals surface area contributed by atoms with E-state index in [1.165, 1.54) is 13.0 Å². The van der Waals surface area contributed by atoms with E-state index in [0.717, 1.165) is 0 Å². The monoisotopic (exact) mass is 285 g/mol.